The van der Waals surface area contributed by atoms with Gasteiger partial charge in [-0.15, -0.1) is 0 Å². The van der Waals surface area contributed by atoms with Gasteiger partial charge in [0, 0.05) is 25.3 Å². The number of hydrogen-bond acceptors (Lipinski definition) is 5. The van der Waals surface area contributed by atoms with E-state index in [1.165, 1.54) is 31.4 Å². The van der Waals surface area contributed by atoms with Crippen LogP contribution in [0, 0.1) is 0 Å². The monoisotopic (exact) mass is 388 g/mol. The van der Waals surface area contributed by atoms with Crippen molar-refractivity contribution in [3.8, 4) is 0 Å². The van der Waals surface area contributed by atoms with Crippen molar-refractivity contribution in [2.24, 2.45) is 7.05 Å². The van der Waals surface area contributed by atoms with Crippen molar-refractivity contribution in [2.45, 2.75) is 11.0 Å². The molecule has 0 aliphatic heterocycles. The number of benzene rings is 2. The number of sulfonamides is 1. The molecule has 0 fully saturated rings. The second kappa shape index (κ2) is 7.51. The van der Waals surface area contributed by atoms with Gasteiger partial charge in [0.15, 0.2) is 0 Å². The zero-order valence-electron chi connectivity index (χ0n) is 14.9. The van der Waals surface area contributed by atoms with Crippen LogP contribution in [0.3, 0.4) is 0 Å². The van der Waals surface area contributed by atoms with Gasteiger partial charge in [0.25, 0.3) is 0 Å². The molecule has 142 valence electrons. The average Bonchev–Trinajstić information content (AvgIpc) is 3.06. The number of carbonyl (C=O) groups excluding carboxylic acids is 1. The first-order valence-corrected chi connectivity index (χ1v) is 9.71. The molecule has 0 aliphatic rings. The molecule has 0 amide bonds. The van der Waals surface area contributed by atoms with E-state index in [-0.39, 0.29) is 17.0 Å². The second-order valence-electron chi connectivity index (χ2n) is 6.13. The summed E-state index contributed by atoms with van der Waals surface area (Å²) in [5, 5.41) is 11.3. The molecule has 0 unspecified atom stereocenters. The Labute approximate surface area is 157 Å². The summed E-state index contributed by atoms with van der Waals surface area (Å²) in [6.07, 6.45) is 0.931. The Hall–Kier alpha value is -2.68. The quantitative estimate of drug-likeness (QED) is 0.629. The lowest BCUT2D eigenvalue weighted by atomic mass is 10.1. The van der Waals surface area contributed by atoms with Crippen molar-refractivity contribution in [3.05, 3.63) is 65.9 Å². The molecule has 0 spiro atoms. The highest BCUT2D eigenvalue weighted by Crippen LogP contribution is 2.21. The second-order valence-corrected chi connectivity index (χ2v) is 7.90. The van der Waals surface area contributed by atoms with E-state index in [0.29, 0.717) is 5.56 Å². The number of aryl methyl sites for hydroxylation is 1. The van der Waals surface area contributed by atoms with E-state index in [2.05, 4.69) is 9.46 Å². The number of ether oxygens (including phenoxy) is 1. The van der Waals surface area contributed by atoms with Crippen LogP contribution in [0.4, 0.5) is 0 Å². The van der Waals surface area contributed by atoms with E-state index >= 15 is 0 Å². The van der Waals surface area contributed by atoms with Crippen LogP contribution in [0.25, 0.3) is 10.9 Å². The summed E-state index contributed by atoms with van der Waals surface area (Å²) < 4.78 is 33.7. The zero-order chi connectivity index (χ0) is 19.6. The minimum Gasteiger partial charge on any atom is -0.465 e. The molecule has 0 aliphatic carbocycles. The molecule has 2 aromatic carbocycles. The Morgan fingerprint density at radius 2 is 1.89 bits per heavy atom. The van der Waals surface area contributed by atoms with Crippen molar-refractivity contribution in [1.29, 1.82) is 0 Å². The van der Waals surface area contributed by atoms with Crippen LogP contribution in [0.1, 0.15) is 22.0 Å². The van der Waals surface area contributed by atoms with Crippen LogP contribution in [-0.4, -0.2) is 37.7 Å². The number of aliphatic hydroxyl groups excluding tert-OH is 1. The molecule has 1 heterocycles. The molecule has 3 rings (SSSR count). The van der Waals surface area contributed by atoms with Gasteiger partial charge in [0.1, 0.15) is 0 Å². The van der Waals surface area contributed by atoms with Crippen molar-refractivity contribution in [1.82, 2.24) is 9.29 Å². The van der Waals surface area contributed by atoms with Crippen molar-refractivity contribution < 1.29 is 23.1 Å². The molecule has 0 bridgehead atoms. The number of rotatable bonds is 6. The third kappa shape index (κ3) is 4.02. The van der Waals surface area contributed by atoms with Crippen molar-refractivity contribution >= 4 is 26.9 Å². The van der Waals surface area contributed by atoms with Crippen LogP contribution in [-0.2, 0) is 21.8 Å². The lowest BCUT2D eigenvalue weighted by Gasteiger charge is -2.13. The first-order valence-electron chi connectivity index (χ1n) is 8.23. The van der Waals surface area contributed by atoms with Crippen LogP contribution in [0.5, 0.6) is 0 Å². The molecule has 2 N–H and O–H groups in total. The number of hydrogen-bond donors (Lipinski definition) is 2. The molecular weight excluding hydrogens is 368 g/mol. The van der Waals surface area contributed by atoms with Gasteiger partial charge in [0.05, 0.1) is 23.7 Å². The number of carbonyl (C=O) groups is 1. The van der Waals surface area contributed by atoms with Crippen LogP contribution < -0.4 is 4.72 Å². The van der Waals surface area contributed by atoms with Gasteiger partial charge in [0.2, 0.25) is 10.0 Å². The normalized spacial score (nSPS) is 12.9. The van der Waals surface area contributed by atoms with Gasteiger partial charge in [-0.1, -0.05) is 6.07 Å². The first-order chi connectivity index (χ1) is 12.8. The van der Waals surface area contributed by atoms with Gasteiger partial charge in [-0.25, -0.2) is 17.9 Å². The van der Waals surface area contributed by atoms with E-state index in [1.807, 2.05) is 36.0 Å². The Morgan fingerprint density at radius 1 is 1.19 bits per heavy atom. The molecular formula is C19H20N2O5S. The van der Waals surface area contributed by atoms with Gasteiger partial charge < -0.3 is 14.4 Å². The Kier molecular flexibility index (Phi) is 5.31. The third-order valence-corrected chi connectivity index (χ3v) is 5.79. The standard InChI is InChI=1S/C19H20N2O5S/c1-21-10-9-14-11-15(5-8-17(14)21)18(22)12-20-27(24,25)16-6-3-13(4-7-16)19(23)26-2/h3-11,18,20,22H,12H2,1-2H3/t18-/m0/s1. The fourth-order valence-corrected chi connectivity index (χ4v) is 3.82. The summed E-state index contributed by atoms with van der Waals surface area (Å²) in [7, 11) is -0.636. The fraction of sp³-hybridized carbons (Fsp3) is 0.211. The number of aromatic nitrogens is 1. The smallest absolute Gasteiger partial charge is 0.337 e. The highest BCUT2D eigenvalue weighted by molar-refractivity contribution is 7.89. The Bertz CT molecular complexity index is 1070. The van der Waals surface area contributed by atoms with Crippen molar-refractivity contribution in [3.63, 3.8) is 0 Å². The van der Waals surface area contributed by atoms with E-state index in [1.54, 1.807) is 6.07 Å². The minimum atomic E-state index is -3.82. The lowest BCUT2D eigenvalue weighted by Crippen LogP contribution is -2.28. The van der Waals surface area contributed by atoms with Gasteiger partial charge in [-0.2, -0.15) is 0 Å². The summed E-state index contributed by atoms with van der Waals surface area (Å²) >= 11 is 0. The maximum atomic E-state index is 12.4. The highest BCUT2D eigenvalue weighted by atomic mass is 32.2. The zero-order valence-corrected chi connectivity index (χ0v) is 15.7. The molecule has 8 heteroatoms. The summed E-state index contributed by atoms with van der Waals surface area (Å²) in [5.41, 5.74) is 1.90. The number of fused-ring (bicyclic) bond motifs is 1. The SMILES string of the molecule is COC(=O)c1ccc(S(=O)(=O)NC[C@H](O)c2ccc3c(ccn3C)c2)cc1. The number of nitrogens with one attached hydrogen (secondary N) is 1. The highest BCUT2D eigenvalue weighted by Gasteiger charge is 2.18. The topological polar surface area (TPSA) is 97.6 Å². The van der Waals surface area contributed by atoms with Gasteiger partial charge in [-0.3, -0.25) is 0 Å². The van der Waals surface area contributed by atoms with Crippen molar-refractivity contribution in [2.75, 3.05) is 13.7 Å². The molecule has 1 atom stereocenters. The number of methoxy groups -OCH3 is 1. The molecule has 0 saturated heterocycles. The fourth-order valence-electron chi connectivity index (χ4n) is 2.79. The van der Waals surface area contributed by atoms with Gasteiger partial charge >= 0.3 is 5.97 Å². The molecule has 1 aromatic heterocycles. The summed E-state index contributed by atoms with van der Waals surface area (Å²) in [4.78, 5) is 11.4. The summed E-state index contributed by atoms with van der Waals surface area (Å²) in [6.45, 7) is -0.167. The average molecular weight is 388 g/mol. The lowest BCUT2D eigenvalue weighted by molar-refractivity contribution is 0.0600. The third-order valence-electron chi connectivity index (χ3n) is 4.35. The predicted octanol–water partition coefficient (Wildman–Crippen LogP) is 1.98. The summed E-state index contributed by atoms with van der Waals surface area (Å²) in [5.74, 6) is -0.543. The molecule has 0 radical (unpaired) electrons. The maximum absolute atomic E-state index is 12.4. The molecule has 7 nitrogen and oxygen atoms in total. The molecule has 0 saturated carbocycles. The number of nitrogens with zero attached hydrogens (tertiary/aromatic N) is 1. The van der Waals surface area contributed by atoms with Gasteiger partial charge in [-0.05, 0) is 53.4 Å². The van der Waals surface area contributed by atoms with Crippen LogP contribution in [0.15, 0.2) is 59.6 Å². The van der Waals surface area contributed by atoms with E-state index in [4.69, 9.17) is 0 Å². The minimum absolute atomic E-state index is 0.000800. The molecule has 3 aromatic rings. The predicted molar refractivity (Wildman–Crippen MR) is 101 cm³/mol. The van der Waals surface area contributed by atoms with Crippen LogP contribution >= 0.6 is 0 Å². The maximum Gasteiger partial charge on any atom is 0.337 e. The van der Waals surface area contributed by atoms with E-state index in [9.17, 15) is 18.3 Å². The van der Waals surface area contributed by atoms with E-state index < -0.39 is 22.1 Å². The molecule has 27 heavy (non-hydrogen) atoms. The van der Waals surface area contributed by atoms with Crippen LogP contribution in [0.2, 0.25) is 0 Å². The largest absolute Gasteiger partial charge is 0.465 e. The number of aliphatic hydroxyl groups is 1. The Balaban J connectivity index is 1.70. The summed E-state index contributed by atoms with van der Waals surface area (Å²) in [6, 6.07) is 12.8. The number of esters is 1. The van der Waals surface area contributed by atoms with E-state index in [0.717, 1.165) is 10.9 Å². The Morgan fingerprint density at radius 3 is 2.56 bits per heavy atom. The first kappa shape index (κ1) is 19.1.